The molecular weight excluding hydrogens is 244 g/mol. The highest BCUT2D eigenvalue weighted by Gasteiger charge is 2.22. The summed E-state index contributed by atoms with van der Waals surface area (Å²) in [6, 6.07) is 5.99. The Kier molecular flexibility index (Phi) is 4.49. The molecule has 1 aromatic carbocycles. The topological polar surface area (TPSA) is 59.6 Å². The Morgan fingerprint density at radius 3 is 2.74 bits per heavy atom. The number of nitrogens with one attached hydrogen (secondary N) is 2. The van der Waals surface area contributed by atoms with Crippen LogP contribution in [-0.4, -0.2) is 32.8 Å². The van der Waals surface area contributed by atoms with Gasteiger partial charge in [0.2, 0.25) is 0 Å². The molecular formula is C14H20N2O3. The van der Waals surface area contributed by atoms with Crippen molar-refractivity contribution in [3.05, 3.63) is 23.8 Å². The van der Waals surface area contributed by atoms with Crippen molar-refractivity contribution in [2.45, 2.75) is 25.3 Å². The third kappa shape index (κ3) is 4.05. The first-order valence-electron chi connectivity index (χ1n) is 6.48. The fourth-order valence-electron chi connectivity index (χ4n) is 1.83. The van der Waals surface area contributed by atoms with Gasteiger partial charge in [0.15, 0.2) is 0 Å². The monoisotopic (exact) mass is 264 g/mol. The summed E-state index contributed by atoms with van der Waals surface area (Å²) in [7, 11) is 3.25. The summed E-state index contributed by atoms with van der Waals surface area (Å²) in [5.74, 6) is 1.55. The zero-order valence-electron chi connectivity index (χ0n) is 11.4. The lowest BCUT2D eigenvalue weighted by molar-refractivity contribution is 0.240. The van der Waals surface area contributed by atoms with E-state index in [9.17, 15) is 4.79 Å². The van der Waals surface area contributed by atoms with Crippen LogP contribution in [0.2, 0.25) is 0 Å². The number of carbonyl (C=O) groups excluding carboxylic acids is 1. The van der Waals surface area contributed by atoms with E-state index in [2.05, 4.69) is 10.6 Å². The van der Waals surface area contributed by atoms with E-state index in [0.717, 1.165) is 36.3 Å². The minimum absolute atomic E-state index is 0.0880. The van der Waals surface area contributed by atoms with Crippen molar-refractivity contribution < 1.29 is 14.3 Å². The second kappa shape index (κ2) is 6.31. The zero-order chi connectivity index (χ0) is 13.7. The molecule has 0 aliphatic heterocycles. The second-order valence-electron chi connectivity index (χ2n) is 4.60. The van der Waals surface area contributed by atoms with Gasteiger partial charge in [-0.25, -0.2) is 4.79 Å². The van der Waals surface area contributed by atoms with Gasteiger partial charge in [-0.1, -0.05) is 6.07 Å². The Hall–Kier alpha value is -1.91. The number of methoxy groups -OCH3 is 2. The van der Waals surface area contributed by atoms with Crippen molar-refractivity contribution in [3.8, 4) is 11.5 Å². The molecule has 0 radical (unpaired) electrons. The number of hydrogen-bond acceptors (Lipinski definition) is 3. The molecule has 0 heterocycles. The van der Waals surface area contributed by atoms with Crippen LogP contribution in [0.15, 0.2) is 18.2 Å². The number of benzene rings is 1. The Labute approximate surface area is 113 Å². The van der Waals surface area contributed by atoms with Gasteiger partial charge >= 0.3 is 6.03 Å². The van der Waals surface area contributed by atoms with Crippen LogP contribution in [0.4, 0.5) is 4.79 Å². The molecule has 1 aliphatic rings. The van der Waals surface area contributed by atoms with Crippen LogP contribution >= 0.6 is 0 Å². The standard InChI is InChI=1S/C14H20N2O3/c1-18-12-6-3-10(13(9-12)19-2)7-8-15-14(17)16-11-4-5-11/h3,6,9,11H,4-5,7-8H2,1-2H3,(H2,15,16,17). The van der Waals surface area contributed by atoms with Gasteiger partial charge in [0.1, 0.15) is 11.5 Å². The van der Waals surface area contributed by atoms with Crippen LogP contribution in [0, 0.1) is 0 Å². The Bertz CT molecular complexity index is 444. The average Bonchev–Trinajstić information content (AvgIpc) is 3.22. The van der Waals surface area contributed by atoms with Crippen LogP contribution in [0.5, 0.6) is 11.5 Å². The number of carbonyl (C=O) groups is 1. The van der Waals surface area contributed by atoms with Crippen molar-refractivity contribution in [1.82, 2.24) is 10.6 Å². The summed E-state index contributed by atoms with van der Waals surface area (Å²) in [5.41, 5.74) is 1.05. The number of urea groups is 1. The molecule has 0 spiro atoms. The average molecular weight is 264 g/mol. The van der Waals surface area contributed by atoms with Crippen molar-refractivity contribution in [1.29, 1.82) is 0 Å². The van der Waals surface area contributed by atoms with Crippen LogP contribution in [0.25, 0.3) is 0 Å². The summed E-state index contributed by atoms with van der Waals surface area (Å²) in [6.45, 7) is 0.585. The molecule has 1 aromatic rings. The van der Waals surface area contributed by atoms with E-state index in [1.165, 1.54) is 0 Å². The lowest BCUT2D eigenvalue weighted by atomic mass is 10.1. The molecule has 0 unspecified atom stereocenters. The first-order valence-corrected chi connectivity index (χ1v) is 6.48. The van der Waals surface area contributed by atoms with E-state index in [1.807, 2.05) is 18.2 Å². The molecule has 1 fully saturated rings. The predicted molar refractivity (Wildman–Crippen MR) is 72.8 cm³/mol. The lowest BCUT2D eigenvalue weighted by Gasteiger charge is -2.11. The molecule has 0 saturated heterocycles. The number of ether oxygens (including phenoxy) is 2. The molecule has 0 bridgehead atoms. The lowest BCUT2D eigenvalue weighted by Crippen LogP contribution is -2.37. The molecule has 1 saturated carbocycles. The minimum Gasteiger partial charge on any atom is -0.497 e. The minimum atomic E-state index is -0.0880. The zero-order valence-corrected chi connectivity index (χ0v) is 11.4. The van der Waals surface area contributed by atoms with Gasteiger partial charge in [0, 0.05) is 18.7 Å². The van der Waals surface area contributed by atoms with Crippen LogP contribution in [0.1, 0.15) is 18.4 Å². The van der Waals surface area contributed by atoms with Crippen LogP contribution < -0.4 is 20.1 Å². The third-order valence-corrected chi connectivity index (χ3v) is 3.09. The number of rotatable bonds is 6. The Morgan fingerprint density at radius 2 is 2.11 bits per heavy atom. The summed E-state index contributed by atoms with van der Waals surface area (Å²) in [5, 5.41) is 5.73. The normalized spacial score (nSPS) is 13.8. The maximum atomic E-state index is 11.5. The van der Waals surface area contributed by atoms with Gasteiger partial charge in [-0.3, -0.25) is 0 Å². The molecule has 2 amide bonds. The first kappa shape index (κ1) is 13.5. The largest absolute Gasteiger partial charge is 0.497 e. The molecule has 1 aliphatic carbocycles. The Morgan fingerprint density at radius 1 is 1.32 bits per heavy atom. The van der Waals surface area contributed by atoms with E-state index < -0.39 is 0 Å². The highest BCUT2D eigenvalue weighted by molar-refractivity contribution is 5.74. The fraction of sp³-hybridized carbons (Fsp3) is 0.500. The molecule has 0 aromatic heterocycles. The van der Waals surface area contributed by atoms with Crippen molar-refractivity contribution in [3.63, 3.8) is 0 Å². The summed E-state index contributed by atoms with van der Waals surface area (Å²) < 4.78 is 10.5. The molecule has 2 rings (SSSR count). The SMILES string of the molecule is COc1ccc(CCNC(=O)NC2CC2)c(OC)c1. The number of amides is 2. The van der Waals surface area contributed by atoms with Gasteiger partial charge in [-0.05, 0) is 30.9 Å². The highest BCUT2D eigenvalue weighted by atomic mass is 16.5. The Balaban J connectivity index is 1.82. The van der Waals surface area contributed by atoms with Crippen molar-refractivity contribution in [2.75, 3.05) is 20.8 Å². The molecule has 0 atom stereocenters. The maximum Gasteiger partial charge on any atom is 0.315 e. The van der Waals surface area contributed by atoms with E-state index in [4.69, 9.17) is 9.47 Å². The molecule has 5 heteroatoms. The molecule has 2 N–H and O–H groups in total. The van der Waals surface area contributed by atoms with E-state index >= 15 is 0 Å². The van der Waals surface area contributed by atoms with Crippen molar-refractivity contribution in [2.24, 2.45) is 0 Å². The summed E-state index contributed by atoms with van der Waals surface area (Å²) >= 11 is 0. The van der Waals surface area contributed by atoms with Gasteiger partial charge in [0.25, 0.3) is 0 Å². The summed E-state index contributed by atoms with van der Waals surface area (Å²) in [4.78, 5) is 11.5. The highest BCUT2D eigenvalue weighted by Crippen LogP contribution is 2.24. The second-order valence-corrected chi connectivity index (χ2v) is 4.60. The quantitative estimate of drug-likeness (QED) is 0.822. The fourth-order valence-corrected chi connectivity index (χ4v) is 1.83. The molecule has 19 heavy (non-hydrogen) atoms. The van der Waals surface area contributed by atoms with Gasteiger partial charge in [-0.2, -0.15) is 0 Å². The number of hydrogen-bond donors (Lipinski definition) is 2. The predicted octanol–water partition coefficient (Wildman–Crippen LogP) is 1.71. The van der Waals surface area contributed by atoms with Gasteiger partial charge in [-0.15, -0.1) is 0 Å². The van der Waals surface area contributed by atoms with E-state index in [-0.39, 0.29) is 6.03 Å². The first-order chi connectivity index (χ1) is 9.22. The van der Waals surface area contributed by atoms with Crippen LogP contribution in [0.3, 0.4) is 0 Å². The summed E-state index contributed by atoms with van der Waals surface area (Å²) in [6.07, 6.45) is 2.92. The molecule has 104 valence electrons. The van der Waals surface area contributed by atoms with Crippen molar-refractivity contribution >= 4 is 6.03 Å². The smallest absolute Gasteiger partial charge is 0.315 e. The van der Waals surface area contributed by atoms with Crippen LogP contribution in [-0.2, 0) is 6.42 Å². The third-order valence-electron chi connectivity index (χ3n) is 3.09. The van der Waals surface area contributed by atoms with E-state index in [1.54, 1.807) is 14.2 Å². The molecule has 5 nitrogen and oxygen atoms in total. The van der Waals surface area contributed by atoms with Gasteiger partial charge < -0.3 is 20.1 Å². The van der Waals surface area contributed by atoms with E-state index in [0.29, 0.717) is 12.6 Å². The van der Waals surface area contributed by atoms with Gasteiger partial charge in [0.05, 0.1) is 14.2 Å². The maximum absolute atomic E-state index is 11.5.